The van der Waals surface area contributed by atoms with Crippen molar-refractivity contribution in [2.45, 2.75) is 19.9 Å². The molecule has 1 fully saturated rings. The van der Waals surface area contributed by atoms with Crippen LogP contribution in [0, 0.1) is 13.8 Å². The molecule has 0 radical (unpaired) electrons. The average molecular weight is 190 g/mol. The number of rotatable bonds is 1. The second kappa shape index (κ2) is 4.11. The molecule has 1 saturated heterocycles. The molecule has 1 aliphatic heterocycles. The van der Waals surface area contributed by atoms with Crippen LogP contribution in [0.1, 0.15) is 22.7 Å². The van der Waals surface area contributed by atoms with Crippen molar-refractivity contribution < 1.29 is 0 Å². The van der Waals surface area contributed by atoms with Crippen molar-refractivity contribution >= 4 is 0 Å². The summed E-state index contributed by atoms with van der Waals surface area (Å²) in [5.41, 5.74) is 4.26. The molecule has 14 heavy (non-hydrogen) atoms. The second-order valence-electron chi connectivity index (χ2n) is 4.02. The number of piperazine rings is 1. The van der Waals surface area contributed by atoms with E-state index < -0.39 is 0 Å². The molecule has 76 valence electrons. The summed E-state index contributed by atoms with van der Waals surface area (Å²) in [6.45, 7) is 7.59. The quantitative estimate of drug-likeness (QED) is 0.702. The lowest BCUT2D eigenvalue weighted by molar-refractivity contribution is 0.428. The molecule has 1 aromatic carbocycles. The Morgan fingerprint density at radius 2 is 1.86 bits per heavy atom. The van der Waals surface area contributed by atoms with Crippen LogP contribution in [0.5, 0.6) is 0 Å². The lowest BCUT2D eigenvalue weighted by atomic mass is 9.95. The summed E-state index contributed by atoms with van der Waals surface area (Å²) in [6, 6.07) is 7.01. The van der Waals surface area contributed by atoms with E-state index in [1.807, 2.05) is 0 Å². The molecule has 0 bridgehead atoms. The first-order chi connectivity index (χ1) is 6.79. The van der Waals surface area contributed by atoms with E-state index in [1.165, 1.54) is 16.7 Å². The lowest BCUT2D eigenvalue weighted by Crippen LogP contribution is -2.43. The van der Waals surface area contributed by atoms with Crippen LogP contribution in [0.15, 0.2) is 18.2 Å². The summed E-state index contributed by atoms with van der Waals surface area (Å²) < 4.78 is 0. The van der Waals surface area contributed by atoms with Gasteiger partial charge >= 0.3 is 0 Å². The molecule has 0 saturated carbocycles. The molecule has 0 amide bonds. The van der Waals surface area contributed by atoms with E-state index >= 15 is 0 Å². The molecule has 0 unspecified atom stereocenters. The molecular formula is C12H18N2. The molecule has 2 N–H and O–H groups in total. The largest absolute Gasteiger partial charge is 0.314 e. The third-order valence-electron chi connectivity index (χ3n) is 2.93. The zero-order chi connectivity index (χ0) is 9.97. The number of hydrogen-bond donors (Lipinski definition) is 2. The molecule has 2 rings (SSSR count). The maximum absolute atomic E-state index is 3.55. The summed E-state index contributed by atoms with van der Waals surface area (Å²) in [5.74, 6) is 0. The van der Waals surface area contributed by atoms with Gasteiger partial charge in [0.25, 0.3) is 0 Å². The van der Waals surface area contributed by atoms with Gasteiger partial charge in [0, 0.05) is 25.7 Å². The summed E-state index contributed by atoms with van der Waals surface area (Å²) in [6.07, 6.45) is 0. The van der Waals surface area contributed by atoms with Crippen molar-refractivity contribution in [3.05, 3.63) is 34.9 Å². The van der Waals surface area contributed by atoms with E-state index in [1.54, 1.807) is 0 Å². The monoisotopic (exact) mass is 190 g/mol. The zero-order valence-corrected chi connectivity index (χ0v) is 8.93. The van der Waals surface area contributed by atoms with Crippen LogP contribution >= 0.6 is 0 Å². The number of benzene rings is 1. The predicted octanol–water partition coefficient (Wildman–Crippen LogP) is 1.54. The van der Waals surface area contributed by atoms with E-state index in [0.29, 0.717) is 6.04 Å². The van der Waals surface area contributed by atoms with E-state index in [-0.39, 0.29) is 0 Å². The van der Waals surface area contributed by atoms with Gasteiger partial charge in [0.05, 0.1) is 0 Å². The zero-order valence-electron chi connectivity index (χ0n) is 8.93. The minimum atomic E-state index is 0.491. The van der Waals surface area contributed by atoms with Gasteiger partial charge in [0.1, 0.15) is 0 Å². The van der Waals surface area contributed by atoms with Crippen molar-refractivity contribution in [2.75, 3.05) is 19.6 Å². The second-order valence-corrected chi connectivity index (χ2v) is 4.02. The first-order valence-electron chi connectivity index (χ1n) is 5.29. The Bertz CT molecular complexity index is 294. The van der Waals surface area contributed by atoms with Crippen molar-refractivity contribution in [2.24, 2.45) is 0 Å². The fourth-order valence-electron chi connectivity index (χ4n) is 2.23. The normalized spacial score (nSPS) is 22.3. The Hall–Kier alpha value is -0.860. The van der Waals surface area contributed by atoms with Gasteiger partial charge in [-0.1, -0.05) is 18.2 Å². The number of aryl methyl sites for hydroxylation is 2. The van der Waals surface area contributed by atoms with Gasteiger partial charge in [0.15, 0.2) is 0 Å². The molecular weight excluding hydrogens is 172 g/mol. The molecule has 0 spiro atoms. The van der Waals surface area contributed by atoms with Gasteiger partial charge in [-0.2, -0.15) is 0 Å². The molecule has 1 aliphatic rings. The smallest absolute Gasteiger partial charge is 0.0452 e. The molecule has 2 nitrogen and oxygen atoms in total. The fourth-order valence-corrected chi connectivity index (χ4v) is 2.23. The molecule has 1 heterocycles. The van der Waals surface area contributed by atoms with Crippen molar-refractivity contribution in [1.29, 1.82) is 0 Å². The molecule has 2 heteroatoms. The highest BCUT2D eigenvalue weighted by atomic mass is 15.1. The van der Waals surface area contributed by atoms with E-state index in [4.69, 9.17) is 0 Å². The highest BCUT2D eigenvalue weighted by molar-refractivity contribution is 5.36. The fraction of sp³-hybridized carbons (Fsp3) is 0.500. The van der Waals surface area contributed by atoms with Gasteiger partial charge in [-0.05, 0) is 30.5 Å². The number of hydrogen-bond acceptors (Lipinski definition) is 2. The first-order valence-corrected chi connectivity index (χ1v) is 5.29. The Kier molecular flexibility index (Phi) is 2.85. The standard InChI is InChI=1S/C12H18N2/c1-9-4-3-5-10(2)12(9)11-8-13-6-7-14-11/h3-5,11,13-14H,6-8H2,1-2H3/t11-/m1/s1. The van der Waals surface area contributed by atoms with Gasteiger partial charge in [-0.3, -0.25) is 0 Å². The minimum absolute atomic E-state index is 0.491. The SMILES string of the molecule is Cc1cccc(C)c1[C@H]1CNCCN1. The Balaban J connectivity index is 2.29. The van der Waals surface area contributed by atoms with E-state index in [9.17, 15) is 0 Å². The number of nitrogens with one attached hydrogen (secondary N) is 2. The predicted molar refractivity (Wildman–Crippen MR) is 59.5 cm³/mol. The van der Waals surface area contributed by atoms with Crippen molar-refractivity contribution in [3.63, 3.8) is 0 Å². The lowest BCUT2D eigenvalue weighted by Gasteiger charge is -2.27. The average Bonchev–Trinajstić information content (AvgIpc) is 2.19. The van der Waals surface area contributed by atoms with Crippen LogP contribution in [-0.2, 0) is 0 Å². The summed E-state index contributed by atoms with van der Waals surface area (Å²) in [7, 11) is 0. The maximum atomic E-state index is 3.55. The Morgan fingerprint density at radius 1 is 1.14 bits per heavy atom. The highest BCUT2D eigenvalue weighted by Gasteiger charge is 2.17. The Morgan fingerprint density at radius 3 is 2.43 bits per heavy atom. The summed E-state index contributed by atoms with van der Waals surface area (Å²) in [5, 5.41) is 6.98. The van der Waals surface area contributed by atoms with Gasteiger partial charge in [0.2, 0.25) is 0 Å². The maximum Gasteiger partial charge on any atom is 0.0452 e. The van der Waals surface area contributed by atoms with Crippen LogP contribution in [0.2, 0.25) is 0 Å². The summed E-state index contributed by atoms with van der Waals surface area (Å²) >= 11 is 0. The van der Waals surface area contributed by atoms with Crippen LogP contribution in [0.25, 0.3) is 0 Å². The van der Waals surface area contributed by atoms with Crippen LogP contribution in [0.4, 0.5) is 0 Å². The Labute approximate surface area is 85.7 Å². The van der Waals surface area contributed by atoms with Gasteiger partial charge in [-0.25, -0.2) is 0 Å². The van der Waals surface area contributed by atoms with Gasteiger partial charge in [-0.15, -0.1) is 0 Å². The minimum Gasteiger partial charge on any atom is -0.314 e. The van der Waals surface area contributed by atoms with Crippen molar-refractivity contribution in [3.8, 4) is 0 Å². The van der Waals surface area contributed by atoms with E-state index in [2.05, 4.69) is 42.7 Å². The summed E-state index contributed by atoms with van der Waals surface area (Å²) in [4.78, 5) is 0. The first kappa shape index (κ1) is 9.69. The van der Waals surface area contributed by atoms with Gasteiger partial charge < -0.3 is 10.6 Å². The van der Waals surface area contributed by atoms with Crippen LogP contribution < -0.4 is 10.6 Å². The topological polar surface area (TPSA) is 24.1 Å². The van der Waals surface area contributed by atoms with Crippen LogP contribution in [0.3, 0.4) is 0 Å². The third kappa shape index (κ3) is 1.81. The molecule has 1 atom stereocenters. The van der Waals surface area contributed by atoms with E-state index in [0.717, 1.165) is 19.6 Å². The molecule has 0 aliphatic carbocycles. The highest BCUT2D eigenvalue weighted by Crippen LogP contribution is 2.21. The van der Waals surface area contributed by atoms with Crippen molar-refractivity contribution in [1.82, 2.24) is 10.6 Å². The third-order valence-corrected chi connectivity index (χ3v) is 2.93. The molecule has 1 aromatic rings. The molecule has 0 aromatic heterocycles. The van der Waals surface area contributed by atoms with Crippen LogP contribution in [-0.4, -0.2) is 19.6 Å².